The third-order valence-corrected chi connectivity index (χ3v) is 5.35. The number of unbranched alkanes of at least 4 members (excludes halogenated alkanes) is 2. The second-order valence-corrected chi connectivity index (χ2v) is 9.88. The van der Waals surface area contributed by atoms with E-state index in [1.807, 2.05) is 45.0 Å². The van der Waals surface area contributed by atoms with Gasteiger partial charge in [-0.2, -0.15) is 0 Å². The summed E-state index contributed by atoms with van der Waals surface area (Å²) in [5.74, 6) is -1.04. The molecule has 0 radical (unpaired) electrons. The molecule has 3 N–H and O–H groups in total. The van der Waals surface area contributed by atoms with E-state index in [4.69, 9.17) is 4.74 Å². The lowest BCUT2D eigenvalue weighted by atomic mass is 9.96. The molecule has 192 valence electrons. The van der Waals surface area contributed by atoms with Gasteiger partial charge in [-0.15, -0.1) is 0 Å². The lowest BCUT2D eigenvalue weighted by Gasteiger charge is -2.35. The fraction of sp³-hybridized carbons (Fsp3) is 0.654. The molecule has 0 aromatic heterocycles. The molecule has 0 aliphatic rings. The molecule has 0 bridgehead atoms. The molecule has 0 saturated heterocycles. The van der Waals surface area contributed by atoms with Crippen LogP contribution in [0.25, 0.3) is 0 Å². The maximum absolute atomic E-state index is 13.7. The van der Waals surface area contributed by atoms with E-state index in [-0.39, 0.29) is 25.0 Å². The van der Waals surface area contributed by atoms with Crippen molar-refractivity contribution in [1.82, 2.24) is 15.5 Å². The highest BCUT2D eigenvalue weighted by atomic mass is 16.6. The molecular formula is C26H43N3O5. The topological polar surface area (TPSA) is 108 Å². The largest absolute Gasteiger partial charge is 0.444 e. The number of hydrogen-bond donors (Lipinski definition) is 3. The average molecular weight is 478 g/mol. The second kappa shape index (κ2) is 13.9. The molecular weight excluding hydrogens is 434 g/mol. The summed E-state index contributed by atoms with van der Waals surface area (Å²) in [6.07, 6.45) is 2.15. The van der Waals surface area contributed by atoms with Crippen LogP contribution in [0.1, 0.15) is 78.0 Å². The summed E-state index contributed by atoms with van der Waals surface area (Å²) in [4.78, 5) is 40.9. The summed E-state index contributed by atoms with van der Waals surface area (Å²) in [7, 11) is 0. The molecule has 0 aliphatic heterocycles. The standard InChI is InChI=1S/C26H43N3O5/c1-8-9-12-15-27-23(31)22(20-14-11-10-13-19(20)4)29(16-17-30)24(32)21(18(2)3)28-25(33)34-26(5,6)7/h10-11,13-14,18,21-22,30H,8-9,12,15-17H2,1-7H3,(H,27,31)(H,28,33). The highest BCUT2D eigenvalue weighted by molar-refractivity contribution is 5.92. The Hall–Kier alpha value is -2.61. The van der Waals surface area contributed by atoms with Crippen molar-refractivity contribution in [3.8, 4) is 0 Å². The first-order valence-corrected chi connectivity index (χ1v) is 12.2. The van der Waals surface area contributed by atoms with Crippen LogP contribution in [0.3, 0.4) is 0 Å². The quantitative estimate of drug-likeness (QED) is 0.398. The maximum Gasteiger partial charge on any atom is 0.408 e. The smallest absolute Gasteiger partial charge is 0.408 e. The number of amides is 3. The Labute approximate surface area is 204 Å². The zero-order valence-electron chi connectivity index (χ0n) is 21.8. The fourth-order valence-electron chi connectivity index (χ4n) is 3.63. The minimum absolute atomic E-state index is 0.0561. The SMILES string of the molecule is CCCCCNC(=O)C(c1ccccc1C)N(CCO)C(=O)C(NC(=O)OC(C)(C)C)C(C)C. The van der Waals surface area contributed by atoms with Crippen LogP contribution in [0.4, 0.5) is 4.79 Å². The lowest BCUT2D eigenvalue weighted by Crippen LogP contribution is -2.55. The number of nitrogens with one attached hydrogen (secondary N) is 2. The minimum atomic E-state index is -0.941. The van der Waals surface area contributed by atoms with Crippen molar-refractivity contribution < 1.29 is 24.2 Å². The van der Waals surface area contributed by atoms with Gasteiger partial charge in [0.05, 0.1) is 6.61 Å². The molecule has 1 rings (SSSR count). The van der Waals surface area contributed by atoms with Crippen LogP contribution >= 0.6 is 0 Å². The number of hydrogen-bond acceptors (Lipinski definition) is 5. The third-order valence-electron chi connectivity index (χ3n) is 5.35. The molecule has 2 atom stereocenters. The fourth-order valence-corrected chi connectivity index (χ4v) is 3.63. The number of carbonyl (C=O) groups excluding carboxylic acids is 3. The number of ether oxygens (including phenoxy) is 1. The highest BCUT2D eigenvalue weighted by Crippen LogP contribution is 2.26. The molecule has 0 heterocycles. The van der Waals surface area contributed by atoms with Crippen LogP contribution < -0.4 is 10.6 Å². The van der Waals surface area contributed by atoms with E-state index in [1.165, 1.54) is 4.90 Å². The highest BCUT2D eigenvalue weighted by Gasteiger charge is 2.37. The summed E-state index contributed by atoms with van der Waals surface area (Å²) < 4.78 is 5.35. The predicted octanol–water partition coefficient (Wildman–Crippen LogP) is 3.71. The van der Waals surface area contributed by atoms with E-state index >= 15 is 0 Å². The Balaban J connectivity index is 3.33. The molecule has 34 heavy (non-hydrogen) atoms. The van der Waals surface area contributed by atoms with Crippen molar-refractivity contribution >= 4 is 17.9 Å². The molecule has 0 aliphatic carbocycles. The van der Waals surface area contributed by atoms with E-state index in [9.17, 15) is 19.5 Å². The molecule has 0 spiro atoms. The number of alkyl carbamates (subject to hydrolysis) is 1. The maximum atomic E-state index is 13.7. The number of aryl methyl sites for hydroxylation is 1. The van der Waals surface area contributed by atoms with Crippen LogP contribution in [0.15, 0.2) is 24.3 Å². The first-order chi connectivity index (χ1) is 15.9. The Morgan fingerprint density at radius 2 is 1.76 bits per heavy atom. The number of aliphatic hydroxyl groups is 1. The molecule has 2 unspecified atom stereocenters. The van der Waals surface area contributed by atoms with E-state index in [0.717, 1.165) is 24.8 Å². The lowest BCUT2D eigenvalue weighted by molar-refractivity contribution is -0.143. The van der Waals surface area contributed by atoms with Crippen LogP contribution in [-0.2, 0) is 14.3 Å². The molecule has 8 heteroatoms. The van der Waals surface area contributed by atoms with Crippen LogP contribution in [0, 0.1) is 12.8 Å². The third kappa shape index (κ3) is 9.33. The first-order valence-electron chi connectivity index (χ1n) is 12.2. The van der Waals surface area contributed by atoms with Gasteiger partial charge >= 0.3 is 6.09 Å². The zero-order chi connectivity index (χ0) is 25.9. The number of aliphatic hydroxyl groups excluding tert-OH is 1. The Morgan fingerprint density at radius 1 is 1.12 bits per heavy atom. The van der Waals surface area contributed by atoms with Gasteiger partial charge < -0.3 is 25.4 Å². The summed E-state index contributed by atoms with van der Waals surface area (Å²) in [5, 5.41) is 15.4. The van der Waals surface area contributed by atoms with Gasteiger partial charge in [0.2, 0.25) is 11.8 Å². The molecule has 8 nitrogen and oxygen atoms in total. The van der Waals surface area contributed by atoms with Crippen molar-refractivity contribution in [2.75, 3.05) is 19.7 Å². The van der Waals surface area contributed by atoms with E-state index in [2.05, 4.69) is 17.6 Å². The van der Waals surface area contributed by atoms with Crippen molar-refractivity contribution in [2.24, 2.45) is 5.92 Å². The summed E-state index contributed by atoms with van der Waals surface area (Å²) in [6, 6.07) is 5.52. The Bertz CT molecular complexity index is 804. The van der Waals surface area contributed by atoms with Crippen LogP contribution in [0.5, 0.6) is 0 Å². The van der Waals surface area contributed by atoms with Gasteiger partial charge in [-0.05, 0) is 51.2 Å². The molecule has 0 fully saturated rings. The van der Waals surface area contributed by atoms with Crippen molar-refractivity contribution in [2.45, 2.75) is 85.4 Å². The van der Waals surface area contributed by atoms with Gasteiger partial charge in [-0.3, -0.25) is 9.59 Å². The average Bonchev–Trinajstić information content (AvgIpc) is 2.74. The van der Waals surface area contributed by atoms with E-state index < -0.39 is 29.7 Å². The van der Waals surface area contributed by atoms with Gasteiger partial charge in [-0.25, -0.2) is 4.79 Å². The van der Waals surface area contributed by atoms with Gasteiger partial charge in [0, 0.05) is 13.1 Å². The predicted molar refractivity (Wildman–Crippen MR) is 133 cm³/mol. The second-order valence-electron chi connectivity index (χ2n) is 9.88. The van der Waals surface area contributed by atoms with E-state index in [1.54, 1.807) is 20.8 Å². The summed E-state index contributed by atoms with van der Waals surface area (Å²) >= 11 is 0. The summed E-state index contributed by atoms with van der Waals surface area (Å²) in [6.45, 7) is 12.9. The monoisotopic (exact) mass is 477 g/mol. The molecule has 1 aromatic carbocycles. The molecule has 0 saturated carbocycles. The number of benzene rings is 1. The number of nitrogens with zero attached hydrogens (tertiary/aromatic N) is 1. The Kier molecular flexibility index (Phi) is 12.1. The van der Waals surface area contributed by atoms with Gasteiger partial charge in [0.1, 0.15) is 17.7 Å². The van der Waals surface area contributed by atoms with Crippen molar-refractivity contribution in [1.29, 1.82) is 0 Å². The van der Waals surface area contributed by atoms with E-state index in [0.29, 0.717) is 12.1 Å². The van der Waals surface area contributed by atoms with Crippen molar-refractivity contribution in [3.63, 3.8) is 0 Å². The zero-order valence-corrected chi connectivity index (χ0v) is 21.8. The molecule has 1 aromatic rings. The minimum Gasteiger partial charge on any atom is -0.444 e. The van der Waals surface area contributed by atoms with Crippen molar-refractivity contribution in [3.05, 3.63) is 35.4 Å². The Morgan fingerprint density at radius 3 is 2.29 bits per heavy atom. The van der Waals surface area contributed by atoms with Gasteiger partial charge in [0.25, 0.3) is 0 Å². The number of rotatable bonds is 12. The first kappa shape index (κ1) is 29.4. The van der Waals surface area contributed by atoms with Gasteiger partial charge in [-0.1, -0.05) is 57.9 Å². The van der Waals surface area contributed by atoms with Gasteiger partial charge in [0.15, 0.2) is 0 Å². The van der Waals surface area contributed by atoms with Crippen LogP contribution in [-0.4, -0.2) is 59.3 Å². The number of carbonyl (C=O) groups is 3. The summed E-state index contributed by atoms with van der Waals surface area (Å²) in [5.41, 5.74) is 0.812. The molecule has 3 amide bonds. The van der Waals surface area contributed by atoms with Crippen LogP contribution in [0.2, 0.25) is 0 Å². The normalized spacial score (nSPS) is 13.2.